The van der Waals surface area contributed by atoms with Crippen LogP contribution in [0.15, 0.2) is 35.2 Å². The minimum absolute atomic E-state index is 0.0756. The van der Waals surface area contributed by atoms with Crippen molar-refractivity contribution in [1.29, 1.82) is 0 Å². The minimum Gasteiger partial charge on any atom is -0.379 e. The van der Waals surface area contributed by atoms with Gasteiger partial charge in [-0.05, 0) is 55.4 Å². The molecule has 1 aromatic carbocycles. The van der Waals surface area contributed by atoms with Crippen LogP contribution < -0.4 is 0 Å². The van der Waals surface area contributed by atoms with E-state index in [0.717, 1.165) is 24.9 Å². The van der Waals surface area contributed by atoms with Crippen molar-refractivity contribution >= 4 is 22.0 Å². The van der Waals surface area contributed by atoms with E-state index in [-0.39, 0.29) is 10.8 Å². The zero-order valence-corrected chi connectivity index (χ0v) is 17.6. The Bertz CT molecular complexity index is 842. The first kappa shape index (κ1) is 20.6. The fourth-order valence-corrected chi connectivity index (χ4v) is 6.26. The fraction of sp³-hybridized carbons (Fsp3) is 0.591. The quantitative estimate of drug-likeness (QED) is 0.705. The number of piperidine rings is 1. The maximum absolute atomic E-state index is 12.8. The summed E-state index contributed by atoms with van der Waals surface area (Å²) in [6.45, 7) is 2.48. The Morgan fingerprint density at radius 1 is 0.966 bits per heavy atom. The number of sulfonamides is 1. The number of ether oxygens (including phenoxy) is 1. The topological polar surface area (TPSA) is 66.9 Å². The molecule has 1 amide bonds. The van der Waals surface area contributed by atoms with E-state index >= 15 is 0 Å². The number of likely N-dealkylation sites (tertiary alicyclic amines) is 1. The molecular formula is C22H30N2O4S. The molecule has 0 bridgehead atoms. The molecule has 2 aliphatic heterocycles. The second kappa shape index (κ2) is 8.98. The van der Waals surface area contributed by atoms with Crippen LogP contribution in [0.4, 0.5) is 0 Å². The summed E-state index contributed by atoms with van der Waals surface area (Å²) in [5.41, 5.74) is 0.830. The number of amides is 1. The minimum atomic E-state index is -3.49. The Morgan fingerprint density at radius 3 is 2.41 bits per heavy atom. The van der Waals surface area contributed by atoms with E-state index in [1.54, 1.807) is 36.4 Å². The van der Waals surface area contributed by atoms with Gasteiger partial charge in [0.15, 0.2) is 0 Å². The smallest absolute Gasteiger partial charge is 0.246 e. The molecule has 0 aromatic heterocycles. The highest BCUT2D eigenvalue weighted by Gasteiger charge is 2.34. The lowest BCUT2D eigenvalue weighted by atomic mass is 9.78. The first-order valence-electron chi connectivity index (χ1n) is 10.7. The number of carbonyl (C=O) groups excluding carboxylic acids is 1. The Hall–Kier alpha value is -1.70. The number of rotatable bonds is 4. The average Bonchev–Trinajstić information content (AvgIpc) is 2.78. The molecule has 0 radical (unpaired) electrons. The highest BCUT2D eigenvalue weighted by molar-refractivity contribution is 7.89. The molecule has 2 heterocycles. The van der Waals surface area contributed by atoms with E-state index in [1.165, 1.54) is 30.0 Å². The van der Waals surface area contributed by atoms with Gasteiger partial charge >= 0.3 is 0 Å². The summed E-state index contributed by atoms with van der Waals surface area (Å²) < 4.78 is 32.1. The molecule has 1 saturated carbocycles. The molecule has 7 heteroatoms. The van der Waals surface area contributed by atoms with Crippen LogP contribution in [0.25, 0.3) is 6.08 Å². The first-order chi connectivity index (χ1) is 14.1. The lowest BCUT2D eigenvalue weighted by molar-refractivity contribution is -0.132. The molecule has 4 rings (SSSR count). The molecule has 2 saturated heterocycles. The molecule has 158 valence electrons. The van der Waals surface area contributed by atoms with Crippen molar-refractivity contribution in [3.63, 3.8) is 0 Å². The second-order valence-electron chi connectivity index (χ2n) is 8.20. The number of morpholine rings is 1. The standard InChI is InChI=1S/C22H30N2O4S/c25-22(24-13-3-5-19-4-1-2-6-21(19)24)12-9-18-7-10-20(11-8-18)29(26,27)23-14-16-28-17-15-23/h7-12,19,21H,1-6,13-17H2/b12-9+. The third-order valence-electron chi connectivity index (χ3n) is 6.43. The average molecular weight is 419 g/mol. The summed E-state index contributed by atoms with van der Waals surface area (Å²) in [7, 11) is -3.49. The van der Waals surface area contributed by atoms with Gasteiger partial charge < -0.3 is 9.64 Å². The number of hydrogen-bond donors (Lipinski definition) is 0. The van der Waals surface area contributed by atoms with Crippen LogP contribution >= 0.6 is 0 Å². The number of carbonyl (C=O) groups is 1. The Morgan fingerprint density at radius 2 is 1.66 bits per heavy atom. The maximum atomic E-state index is 12.8. The van der Waals surface area contributed by atoms with E-state index in [2.05, 4.69) is 4.90 Å². The van der Waals surface area contributed by atoms with E-state index < -0.39 is 10.0 Å². The van der Waals surface area contributed by atoms with Crippen LogP contribution in [-0.2, 0) is 19.6 Å². The van der Waals surface area contributed by atoms with E-state index in [4.69, 9.17) is 4.74 Å². The largest absolute Gasteiger partial charge is 0.379 e. The van der Waals surface area contributed by atoms with Crippen molar-refractivity contribution in [3.8, 4) is 0 Å². The monoisotopic (exact) mass is 418 g/mol. The van der Waals surface area contributed by atoms with Crippen molar-refractivity contribution in [1.82, 2.24) is 9.21 Å². The molecule has 2 unspecified atom stereocenters. The van der Waals surface area contributed by atoms with Gasteiger partial charge in [0.05, 0.1) is 18.1 Å². The molecule has 3 aliphatic rings. The molecular weight excluding hydrogens is 388 g/mol. The van der Waals surface area contributed by atoms with Crippen molar-refractivity contribution in [2.45, 2.75) is 49.5 Å². The van der Waals surface area contributed by atoms with Crippen LogP contribution in [-0.4, -0.2) is 62.4 Å². The lowest BCUT2D eigenvalue weighted by Gasteiger charge is -2.43. The Labute approximate surface area is 173 Å². The highest BCUT2D eigenvalue weighted by Crippen LogP contribution is 2.35. The molecule has 6 nitrogen and oxygen atoms in total. The van der Waals surface area contributed by atoms with E-state index in [9.17, 15) is 13.2 Å². The summed E-state index contributed by atoms with van der Waals surface area (Å²) in [6.07, 6.45) is 10.6. The lowest BCUT2D eigenvalue weighted by Crippen LogP contribution is -2.49. The predicted molar refractivity (Wildman–Crippen MR) is 112 cm³/mol. The second-order valence-corrected chi connectivity index (χ2v) is 10.1. The van der Waals surface area contributed by atoms with Crippen LogP contribution in [0.5, 0.6) is 0 Å². The summed E-state index contributed by atoms with van der Waals surface area (Å²) in [4.78, 5) is 15.1. The molecule has 1 aliphatic carbocycles. The van der Waals surface area contributed by atoms with Crippen molar-refractivity contribution in [2.24, 2.45) is 5.92 Å². The van der Waals surface area contributed by atoms with Gasteiger partial charge in [-0.2, -0.15) is 4.31 Å². The molecule has 0 spiro atoms. The summed E-state index contributed by atoms with van der Waals surface area (Å²) in [5, 5.41) is 0. The molecule has 0 N–H and O–H groups in total. The van der Waals surface area contributed by atoms with Crippen molar-refractivity contribution < 1.29 is 17.9 Å². The molecule has 29 heavy (non-hydrogen) atoms. The van der Waals surface area contributed by atoms with Crippen molar-refractivity contribution in [3.05, 3.63) is 35.9 Å². The van der Waals surface area contributed by atoms with Crippen LogP contribution in [0, 0.1) is 5.92 Å². The van der Waals surface area contributed by atoms with Crippen LogP contribution in [0.3, 0.4) is 0 Å². The number of nitrogens with zero attached hydrogens (tertiary/aromatic N) is 2. The highest BCUT2D eigenvalue weighted by atomic mass is 32.2. The van der Waals surface area contributed by atoms with Gasteiger partial charge in [0.1, 0.15) is 0 Å². The van der Waals surface area contributed by atoms with Gasteiger partial charge in [0, 0.05) is 31.8 Å². The summed E-state index contributed by atoms with van der Waals surface area (Å²) >= 11 is 0. The predicted octanol–water partition coefficient (Wildman–Crippen LogP) is 2.90. The zero-order valence-electron chi connectivity index (χ0n) is 16.8. The van der Waals surface area contributed by atoms with Gasteiger partial charge in [-0.15, -0.1) is 0 Å². The maximum Gasteiger partial charge on any atom is 0.246 e. The number of fused-ring (bicyclic) bond motifs is 1. The van der Waals surface area contributed by atoms with Gasteiger partial charge in [-0.3, -0.25) is 4.79 Å². The van der Waals surface area contributed by atoms with Crippen LogP contribution in [0.1, 0.15) is 44.1 Å². The number of benzene rings is 1. The van der Waals surface area contributed by atoms with Crippen LogP contribution in [0.2, 0.25) is 0 Å². The number of hydrogen-bond acceptors (Lipinski definition) is 4. The third kappa shape index (κ3) is 4.57. The molecule has 2 atom stereocenters. The van der Waals surface area contributed by atoms with E-state index in [0.29, 0.717) is 38.3 Å². The summed E-state index contributed by atoms with van der Waals surface area (Å²) in [5.74, 6) is 0.742. The molecule has 1 aromatic rings. The van der Waals surface area contributed by atoms with Gasteiger partial charge in [-0.1, -0.05) is 25.0 Å². The van der Waals surface area contributed by atoms with E-state index in [1.807, 2.05) is 0 Å². The fourth-order valence-electron chi connectivity index (χ4n) is 4.85. The summed E-state index contributed by atoms with van der Waals surface area (Å²) in [6, 6.07) is 7.16. The van der Waals surface area contributed by atoms with Gasteiger partial charge in [0.2, 0.25) is 15.9 Å². The van der Waals surface area contributed by atoms with Gasteiger partial charge in [0.25, 0.3) is 0 Å². The Balaban J connectivity index is 1.41. The van der Waals surface area contributed by atoms with Gasteiger partial charge in [-0.25, -0.2) is 8.42 Å². The zero-order chi connectivity index (χ0) is 20.3. The Kier molecular flexibility index (Phi) is 6.37. The van der Waals surface area contributed by atoms with Crippen molar-refractivity contribution in [2.75, 3.05) is 32.8 Å². The SMILES string of the molecule is O=C(/C=C/c1ccc(S(=O)(=O)N2CCOCC2)cc1)N1CCCC2CCCCC21. The molecule has 3 fully saturated rings. The normalized spacial score (nSPS) is 26.4. The first-order valence-corrected chi connectivity index (χ1v) is 12.2. The third-order valence-corrected chi connectivity index (χ3v) is 8.35.